The maximum Gasteiger partial charge on any atom is 0.254 e. The van der Waals surface area contributed by atoms with Gasteiger partial charge in [-0.3, -0.25) is 14.5 Å². The van der Waals surface area contributed by atoms with Crippen molar-refractivity contribution in [3.05, 3.63) is 60.0 Å². The zero-order chi connectivity index (χ0) is 21.5. The van der Waals surface area contributed by atoms with Crippen LogP contribution in [0.3, 0.4) is 0 Å². The minimum absolute atomic E-state index is 0.176. The van der Waals surface area contributed by atoms with Gasteiger partial charge in [-0.15, -0.1) is 0 Å². The van der Waals surface area contributed by atoms with E-state index in [1.165, 1.54) is 44.9 Å². The summed E-state index contributed by atoms with van der Waals surface area (Å²) in [6.07, 6.45) is 15.1. The summed E-state index contributed by atoms with van der Waals surface area (Å²) in [6, 6.07) is 10.4. The predicted octanol–water partition coefficient (Wildman–Crippen LogP) is 5.56. The number of benzene rings is 1. The van der Waals surface area contributed by atoms with Crippen molar-refractivity contribution in [2.75, 3.05) is 6.54 Å². The highest BCUT2D eigenvalue weighted by molar-refractivity contribution is 6.00. The van der Waals surface area contributed by atoms with Crippen LogP contribution < -0.4 is 0 Å². The van der Waals surface area contributed by atoms with Crippen molar-refractivity contribution in [1.82, 2.24) is 19.7 Å². The third-order valence-electron chi connectivity index (χ3n) is 7.64. The standard InChI is InChI=1S/C27H30N4O/c32-27-25-13-21(10-11-22(25)17-30(27)15-19-7-3-8-19)26-24(9-4-12-28-26)23-14-29-31(18-23)16-20-5-1-2-6-20/h4,9-14,18-20H,1-3,5-8,15-17H2. The molecule has 0 bridgehead atoms. The Labute approximate surface area is 189 Å². The van der Waals surface area contributed by atoms with E-state index in [9.17, 15) is 4.79 Å². The van der Waals surface area contributed by atoms with E-state index in [0.29, 0.717) is 5.92 Å². The molecular weight excluding hydrogens is 396 g/mol. The Hall–Kier alpha value is -2.95. The first-order valence-corrected chi connectivity index (χ1v) is 12.1. The second kappa shape index (κ2) is 8.19. The lowest BCUT2D eigenvalue weighted by atomic mass is 9.85. The van der Waals surface area contributed by atoms with Crippen molar-refractivity contribution >= 4 is 5.91 Å². The normalized spacial score (nSPS) is 18.9. The first-order chi connectivity index (χ1) is 15.7. The lowest BCUT2D eigenvalue weighted by molar-refractivity contribution is 0.0720. The molecule has 6 rings (SSSR count). The quantitative estimate of drug-likeness (QED) is 0.519. The molecule has 2 aliphatic carbocycles. The van der Waals surface area contributed by atoms with Crippen LogP contribution in [0.15, 0.2) is 48.9 Å². The summed E-state index contributed by atoms with van der Waals surface area (Å²) < 4.78 is 2.09. The smallest absolute Gasteiger partial charge is 0.254 e. The first-order valence-electron chi connectivity index (χ1n) is 12.1. The van der Waals surface area contributed by atoms with E-state index in [4.69, 9.17) is 4.98 Å². The molecule has 2 aromatic heterocycles. The van der Waals surface area contributed by atoms with Crippen molar-refractivity contribution in [1.29, 1.82) is 0 Å². The molecule has 3 heterocycles. The fourth-order valence-electron chi connectivity index (χ4n) is 5.57. The Bertz CT molecular complexity index is 1140. The minimum Gasteiger partial charge on any atom is -0.334 e. The molecule has 0 unspecified atom stereocenters. The molecular formula is C27H30N4O. The van der Waals surface area contributed by atoms with Gasteiger partial charge in [-0.1, -0.05) is 37.5 Å². The molecule has 164 valence electrons. The van der Waals surface area contributed by atoms with Gasteiger partial charge in [-0.05, 0) is 55.2 Å². The largest absolute Gasteiger partial charge is 0.334 e. The van der Waals surface area contributed by atoms with Crippen LogP contribution >= 0.6 is 0 Å². The number of nitrogens with zero attached hydrogens (tertiary/aromatic N) is 4. The number of carbonyl (C=O) groups excluding carboxylic acids is 1. The van der Waals surface area contributed by atoms with E-state index < -0.39 is 0 Å². The molecule has 0 spiro atoms. The first kappa shape index (κ1) is 19.7. The van der Waals surface area contributed by atoms with E-state index in [-0.39, 0.29) is 5.91 Å². The second-order valence-corrected chi connectivity index (χ2v) is 9.86. The average molecular weight is 427 g/mol. The average Bonchev–Trinajstić information content (AvgIpc) is 3.53. The number of aromatic nitrogens is 3. The van der Waals surface area contributed by atoms with Gasteiger partial charge in [0.2, 0.25) is 0 Å². The number of pyridine rings is 1. The van der Waals surface area contributed by atoms with E-state index in [0.717, 1.165) is 59.1 Å². The third kappa shape index (κ3) is 3.64. The summed E-state index contributed by atoms with van der Waals surface area (Å²) in [6.45, 7) is 2.64. The molecule has 5 nitrogen and oxygen atoms in total. The Morgan fingerprint density at radius 1 is 0.906 bits per heavy atom. The zero-order valence-electron chi connectivity index (χ0n) is 18.5. The van der Waals surface area contributed by atoms with Crippen LogP contribution in [0.2, 0.25) is 0 Å². The summed E-state index contributed by atoms with van der Waals surface area (Å²) in [4.78, 5) is 19.8. The number of amides is 1. The Balaban J connectivity index is 1.27. The molecule has 0 radical (unpaired) electrons. The van der Waals surface area contributed by atoms with Crippen LogP contribution in [0.4, 0.5) is 0 Å². The van der Waals surface area contributed by atoms with Gasteiger partial charge in [0.1, 0.15) is 0 Å². The molecule has 32 heavy (non-hydrogen) atoms. The van der Waals surface area contributed by atoms with Crippen LogP contribution in [0.1, 0.15) is 60.9 Å². The number of carbonyl (C=O) groups is 1. The monoisotopic (exact) mass is 426 g/mol. The van der Waals surface area contributed by atoms with Crippen molar-refractivity contribution < 1.29 is 4.79 Å². The highest BCUT2D eigenvalue weighted by Crippen LogP contribution is 2.35. The molecule has 2 saturated carbocycles. The number of hydrogen-bond donors (Lipinski definition) is 0. The molecule has 0 saturated heterocycles. The molecule has 1 aliphatic heterocycles. The fourth-order valence-corrected chi connectivity index (χ4v) is 5.57. The summed E-state index contributed by atoms with van der Waals surface area (Å²) in [5, 5.41) is 4.64. The van der Waals surface area contributed by atoms with Crippen molar-refractivity contribution in [2.24, 2.45) is 11.8 Å². The Morgan fingerprint density at radius 3 is 2.53 bits per heavy atom. The van der Waals surface area contributed by atoms with Crippen molar-refractivity contribution in [2.45, 2.75) is 58.0 Å². The number of rotatable bonds is 6. The number of fused-ring (bicyclic) bond motifs is 1. The molecule has 1 aromatic carbocycles. The van der Waals surface area contributed by atoms with Gasteiger partial charge in [-0.2, -0.15) is 5.10 Å². The van der Waals surface area contributed by atoms with Gasteiger partial charge in [0, 0.05) is 54.3 Å². The van der Waals surface area contributed by atoms with Gasteiger partial charge < -0.3 is 4.90 Å². The lowest BCUT2D eigenvalue weighted by Crippen LogP contribution is -2.32. The summed E-state index contributed by atoms with van der Waals surface area (Å²) >= 11 is 0. The Kier molecular flexibility index (Phi) is 5.05. The van der Waals surface area contributed by atoms with Gasteiger partial charge in [-0.25, -0.2) is 0 Å². The SMILES string of the molecule is O=C1c2cc(-c3ncccc3-c3cnn(CC4CCCC4)c3)ccc2CN1CC1CCC1. The highest BCUT2D eigenvalue weighted by atomic mass is 16.2. The summed E-state index contributed by atoms with van der Waals surface area (Å²) in [7, 11) is 0. The fraction of sp³-hybridized carbons (Fsp3) is 0.444. The molecule has 0 atom stereocenters. The second-order valence-electron chi connectivity index (χ2n) is 9.86. The van der Waals surface area contributed by atoms with E-state index >= 15 is 0 Å². The van der Waals surface area contributed by atoms with Gasteiger partial charge >= 0.3 is 0 Å². The molecule has 2 fully saturated rings. The van der Waals surface area contributed by atoms with Crippen molar-refractivity contribution in [3.63, 3.8) is 0 Å². The highest BCUT2D eigenvalue weighted by Gasteiger charge is 2.31. The Morgan fingerprint density at radius 2 is 1.72 bits per heavy atom. The van der Waals surface area contributed by atoms with E-state index in [2.05, 4.69) is 34.2 Å². The van der Waals surface area contributed by atoms with Crippen LogP contribution in [-0.2, 0) is 13.1 Å². The van der Waals surface area contributed by atoms with Crippen molar-refractivity contribution in [3.8, 4) is 22.4 Å². The lowest BCUT2D eigenvalue weighted by Gasteiger charge is -2.29. The van der Waals surface area contributed by atoms with Crippen LogP contribution in [-0.4, -0.2) is 32.1 Å². The maximum absolute atomic E-state index is 13.1. The summed E-state index contributed by atoms with van der Waals surface area (Å²) in [5.41, 5.74) is 6.06. The minimum atomic E-state index is 0.176. The molecule has 0 N–H and O–H groups in total. The third-order valence-corrected chi connectivity index (χ3v) is 7.64. The van der Waals surface area contributed by atoms with Gasteiger partial charge in [0.25, 0.3) is 5.91 Å². The van der Waals surface area contributed by atoms with Crippen LogP contribution in [0.5, 0.6) is 0 Å². The molecule has 5 heteroatoms. The van der Waals surface area contributed by atoms with Gasteiger partial charge in [0.15, 0.2) is 0 Å². The van der Waals surface area contributed by atoms with Crippen LogP contribution in [0.25, 0.3) is 22.4 Å². The molecule has 3 aromatic rings. The zero-order valence-corrected chi connectivity index (χ0v) is 18.5. The van der Waals surface area contributed by atoms with Gasteiger partial charge in [0.05, 0.1) is 11.9 Å². The summed E-state index contributed by atoms with van der Waals surface area (Å²) in [5.74, 6) is 1.62. The van der Waals surface area contributed by atoms with E-state index in [1.807, 2.05) is 29.4 Å². The van der Waals surface area contributed by atoms with E-state index in [1.54, 1.807) is 0 Å². The molecule has 1 amide bonds. The molecule has 3 aliphatic rings. The van der Waals surface area contributed by atoms with Crippen LogP contribution in [0, 0.1) is 11.8 Å². The topological polar surface area (TPSA) is 51.0 Å². The maximum atomic E-state index is 13.1. The number of hydrogen-bond acceptors (Lipinski definition) is 3. The predicted molar refractivity (Wildman–Crippen MR) is 125 cm³/mol.